The molecule has 4 rings (SSSR count). The van der Waals surface area contributed by atoms with Crippen LogP contribution in [0.4, 0.5) is 0 Å². The fourth-order valence-corrected chi connectivity index (χ4v) is 4.77. The number of amides is 2. The summed E-state index contributed by atoms with van der Waals surface area (Å²) in [5, 5.41) is 9.18. The van der Waals surface area contributed by atoms with E-state index in [1.165, 1.54) is 11.1 Å². The molecule has 1 saturated heterocycles. The largest absolute Gasteiger partial charge is 0.337 e. The molecule has 2 unspecified atom stereocenters. The number of hydroxylamine groups is 1. The first-order valence-electron chi connectivity index (χ1n) is 9.70. The van der Waals surface area contributed by atoms with E-state index in [1.807, 2.05) is 35.0 Å². The summed E-state index contributed by atoms with van der Waals surface area (Å²) in [6.45, 7) is 2.06. The molecule has 2 atom stereocenters. The zero-order chi connectivity index (χ0) is 19.0. The zero-order valence-corrected chi connectivity index (χ0v) is 15.7. The van der Waals surface area contributed by atoms with E-state index in [0.29, 0.717) is 19.5 Å². The van der Waals surface area contributed by atoms with Crippen LogP contribution in [0.1, 0.15) is 31.2 Å². The number of nitrogens with zero attached hydrogens (tertiary/aromatic N) is 2. The minimum absolute atomic E-state index is 0.00929. The van der Waals surface area contributed by atoms with Gasteiger partial charge in [0.25, 0.3) is 0 Å². The van der Waals surface area contributed by atoms with Gasteiger partial charge in [-0.15, -0.1) is 0 Å². The number of likely N-dealkylation sites (N-methyl/N-ethyl adjacent to an activating group) is 1. The van der Waals surface area contributed by atoms with Crippen LogP contribution < -0.4 is 5.48 Å². The van der Waals surface area contributed by atoms with E-state index in [2.05, 4.69) is 18.2 Å². The number of nitrogens with one attached hydrogen (secondary N) is 1. The molecule has 0 radical (unpaired) electrons. The maximum atomic E-state index is 13.3. The highest BCUT2D eigenvalue weighted by Gasteiger charge is 2.55. The highest BCUT2D eigenvalue weighted by molar-refractivity contribution is 5.90. The number of carbonyl (C=O) groups excluding carboxylic acids is 2. The Kier molecular flexibility index (Phi) is 4.78. The molecule has 1 saturated carbocycles. The van der Waals surface area contributed by atoms with Gasteiger partial charge in [-0.3, -0.25) is 19.7 Å². The molecule has 2 amide bonds. The van der Waals surface area contributed by atoms with Crippen LogP contribution in [0.25, 0.3) is 5.57 Å². The lowest BCUT2D eigenvalue weighted by Crippen LogP contribution is -2.59. The smallest absolute Gasteiger partial charge is 0.248 e. The maximum absolute atomic E-state index is 13.3. The predicted molar refractivity (Wildman–Crippen MR) is 102 cm³/mol. The average molecular weight is 369 g/mol. The van der Waals surface area contributed by atoms with Crippen LogP contribution in [-0.2, 0) is 9.59 Å². The number of hydrogen-bond acceptors (Lipinski definition) is 4. The number of benzene rings is 1. The van der Waals surface area contributed by atoms with Crippen LogP contribution in [0.2, 0.25) is 0 Å². The highest BCUT2D eigenvalue weighted by Crippen LogP contribution is 2.54. The third kappa shape index (κ3) is 3.51. The van der Waals surface area contributed by atoms with Gasteiger partial charge < -0.3 is 4.90 Å². The Morgan fingerprint density at radius 3 is 2.56 bits per heavy atom. The summed E-state index contributed by atoms with van der Waals surface area (Å²) < 4.78 is 0. The van der Waals surface area contributed by atoms with Crippen LogP contribution in [0.3, 0.4) is 0 Å². The lowest BCUT2D eigenvalue weighted by atomic mass is 9.80. The molecule has 6 nitrogen and oxygen atoms in total. The Labute approximate surface area is 159 Å². The lowest BCUT2D eigenvalue weighted by molar-refractivity contribution is -0.150. The van der Waals surface area contributed by atoms with Gasteiger partial charge in [-0.05, 0) is 49.3 Å². The summed E-state index contributed by atoms with van der Waals surface area (Å²) in [5.41, 5.74) is 4.41. The molecule has 2 aliphatic heterocycles. The molecule has 1 aromatic carbocycles. The molecular formula is C21H27N3O3. The van der Waals surface area contributed by atoms with Gasteiger partial charge in [0.2, 0.25) is 11.8 Å². The van der Waals surface area contributed by atoms with Crippen molar-refractivity contribution in [2.45, 2.75) is 31.7 Å². The van der Waals surface area contributed by atoms with Gasteiger partial charge in [-0.25, -0.2) is 5.48 Å². The first-order valence-corrected chi connectivity index (χ1v) is 9.70. The number of carbonyl (C=O) groups is 2. The fraction of sp³-hybridized carbons (Fsp3) is 0.524. The van der Waals surface area contributed by atoms with Crippen molar-refractivity contribution < 1.29 is 14.8 Å². The Balaban J connectivity index is 1.49. The van der Waals surface area contributed by atoms with Gasteiger partial charge in [-0.2, -0.15) is 0 Å². The van der Waals surface area contributed by atoms with Crippen LogP contribution in [0.15, 0.2) is 36.4 Å². The first-order chi connectivity index (χ1) is 13.0. The summed E-state index contributed by atoms with van der Waals surface area (Å²) in [7, 11) is 1.93. The summed E-state index contributed by atoms with van der Waals surface area (Å²) in [6.07, 6.45) is 5.80. The third-order valence-electron chi connectivity index (χ3n) is 6.42. The van der Waals surface area contributed by atoms with Crippen molar-refractivity contribution >= 4 is 17.4 Å². The number of piperidine rings is 1. The molecule has 2 heterocycles. The van der Waals surface area contributed by atoms with E-state index in [-0.39, 0.29) is 11.3 Å². The van der Waals surface area contributed by atoms with Crippen molar-refractivity contribution in [1.29, 1.82) is 0 Å². The molecule has 1 aliphatic carbocycles. The summed E-state index contributed by atoms with van der Waals surface area (Å²) in [6, 6.07) is 9.73. The number of hydrogen-bond donors (Lipinski definition) is 2. The van der Waals surface area contributed by atoms with Gasteiger partial charge in [0.1, 0.15) is 6.04 Å². The monoisotopic (exact) mass is 369 g/mol. The summed E-state index contributed by atoms with van der Waals surface area (Å²) >= 11 is 0. The Morgan fingerprint density at radius 1 is 1.22 bits per heavy atom. The van der Waals surface area contributed by atoms with Crippen LogP contribution in [0, 0.1) is 11.3 Å². The van der Waals surface area contributed by atoms with Gasteiger partial charge in [0, 0.05) is 19.6 Å². The lowest BCUT2D eigenvalue weighted by Gasteiger charge is -2.43. The van der Waals surface area contributed by atoms with E-state index in [0.717, 1.165) is 25.8 Å². The first kappa shape index (κ1) is 18.2. The van der Waals surface area contributed by atoms with Crippen molar-refractivity contribution in [2.75, 3.05) is 26.7 Å². The standard InChI is InChI=1S/C21H27N3O3/c1-23-14-21(9-10-21)13-17(19(25)22-27)18(23)20(26)24-11-7-16(8-12-24)15-5-3-2-4-6-15/h2-7,17-18,27H,8-14H2,1H3,(H,22,25). The molecule has 1 spiro atoms. The average Bonchev–Trinajstić information content (AvgIpc) is 3.45. The van der Waals surface area contributed by atoms with E-state index < -0.39 is 17.9 Å². The zero-order valence-electron chi connectivity index (χ0n) is 15.7. The van der Waals surface area contributed by atoms with E-state index in [1.54, 1.807) is 5.48 Å². The Hall–Kier alpha value is -2.18. The van der Waals surface area contributed by atoms with Crippen molar-refractivity contribution in [2.24, 2.45) is 11.3 Å². The van der Waals surface area contributed by atoms with Crippen molar-refractivity contribution in [3.05, 3.63) is 42.0 Å². The second-order valence-corrected chi connectivity index (χ2v) is 8.28. The Bertz CT molecular complexity index is 757. The van der Waals surface area contributed by atoms with Gasteiger partial charge in [0.15, 0.2) is 0 Å². The Morgan fingerprint density at radius 2 is 1.96 bits per heavy atom. The molecule has 144 valence electrons. The van der Waals surface area contributed by atoms with Crippen molar-refractivity contribution in [3.8, 4) is 0 Å². The molecular weight excluding hydrogens is 342 g/mol. The topological polar surface area (TPSA) is 72.9 Å². The third-order valence-corrected chi connectivity index (χ3v) is 6.42. The van der Waals surface area contributed by atoms with Crippen molar-refractivity contribution in [1.82, 2.24) is 15.3 Å². The quantitative estimate of drug-likeness (QED) is 0.631. The molecule has 2 N–H and O–H groups in total. The fourth-order valence-electron chi connectivity index (χ4n) is 4.77. The second-order valence-electron chi connectivity index (χ2n) is 8.28. The molecule has 27 heavy (non-hydrogen) atoms. The normalized spacial score (nSPS) is 27.2. The predicted octanol–water partition coefficient (Wildman–Crippen LogP) is 1.91. The van der Waals surface area contributed by atoms with E-state index >= 15 is 0 Å². The van der Waals surface area contributed by atoms with Gasteiger partial charge in [-0.1, -0.05) is 36.4 Å². The maximum Gasteiger partial charge on any atom is 0.248 e. The highest BCUT2D eigenvalue weighted by atomic mass is 16.5. The second kappa shape index (κ2) is 7.09. The van der Waals surface area contributed by atoms with E-state index in [4.69, 9.17) is 0 Å². The minimum Gasteiger partial charge on any atom is -0.337 e. The van der Waals surface area contributed by atoms with Crippen LogP contribution in [0.5, 0.6) is 0 Å². The number of rotatable bonds is 3. The SMILES string of the molecule is CN1CC2(CC2)CC(C(=O)NO)C1C(=O)N1CC=C(c2ccccc2)CC1. The van der Waals surface area contributed by atoms with Gasteiger partial charge >= 0.3 is 0 Å². The summed E-state index contributed by atoms with van der Waals surface area (Å²) in [4.78, 5) is 29.4. The van der Waals surface area contributed by atoms with E-state index in [9.17, 15) is 14.8 Å². The molecule has 6 heteroatoms. The minimum atomic E-state index is -0.505. The van der Waals surface area contributed by atoms with Crippen LogP contribution >= 0.6 is 0 Å². The molecule has 3 aliphatic rings. The van der Waals surface area contributed by atoms with Crippen LogP contribution in [-0.4, -0.2) is 59.5 Å². The molecule has 1 aromatic rings. The van der Waals surface area contributed by atoms with Crippen molar-refractivity contribution in [3.63, 3.8) is 0 Å². The number of likely N-dealkylation sites (tertiary alicyclic amines) is 1. The summed E-state index contributed by atoms with van der Waals surface area (Å²) in [5.74, 6) is -0.947. The molecule has 0 aromatic heterocycles. The molecule has 2 fully saturated rings. The van der Waals surface area contributed by atoms with Gasteiger partial charge in [0.05, 0.1) is 5.92 Å². The molecule has 0 bridgehead atoms.